The van der Waals surface area contributed by atoms with Gasteiger partial charge in [0.2, 0.25) is 0 Å². The molecule has 0 aromatic heterocycles. The predicted octanol–water partition coefficient (Wildman–Crippen LogP) is 2.02. The van der Waals surface area contributed by atoms with Crippen molar-refractivity contribution in [3.05, 3.63) is 29.0 Å². The lowest BCUT2D eigenvalue weighted by atomic mass is 10.2. The number of carbonyl (C=O) groups excluding carboxylic acids is 1. The van der Waals surface area contributed by atoms with Gasteiger partial charge in [-0.1, -0.05) is 24.9 Å². The van der Waals surface area contributed by atoms with Gasteiger partial charge in [-0.3, -0.25) is 10.2 Å². The van der Waals surface area contributed by atoms with E-state index in [0.717, 1.165) is 12.5 Å². The number of ether oxygens (including phenoxy) is 1. The molecule has 0 aliphatic heterocycles. The van der Waals surface area contributed by atoms with Crippen LogP contribution in [-0.4, -0.2) is 12.0 Å². The van der Waals surface area contributed by atoms with Gasteiger partial charge < -0.3 is 4.74 Å². The van der Waals surface area contributed by atoms with E-state index in [-0.39, 0.29) is 10.8 Å². The van der Waals surface area contributed by atoms with Crippen molar-refractivity contribution in [3.8, 4) is 5.75 Å². The number of nitrogens with one attached hydrogen (secondary N) is 1. The highest BCUT2D eigenvalue weighted by Gasteiger charge is 2.18. The van der Waals surface area contributed by atoms with E-state index in [9.17, 15) is 9.18 Å². The molecule has 1 rings (SSSR count). The van der Waals surface area contributed by atoms with Gasteiger partial charge in [0.15, 0.2) is 6.10 Å². The minimum atomic E-state index is -0.731. The summed E-state index contributed by atoms with van der Waals surface area (Å²) in [6, 6.07) is 4.00. The van der Waals surface area contributed by atoms with E-state index >= 15 is 0 Å². The Morgan fingerprint density at radius 3 is 2.88 bits per heavy atom. The van der Waals surface area contributed by atoms with E-state index in [1.54, 1.807) is 0 Å². The highest BCUT2D eigenvalue weighted by Crippen LogP contribution is 2.22. The molecule has 94 valence electrons. The van der Waals surface area contributed by atoms with Crippen molar-refractivity contribution < 1.29 is 13.9 Å². The normalized spacial score (nSPS) is 12.0. The van der Waals surface area contributed by atoms with Gasteiger partial charge in [0.25, 0.3) is 5.91 Å². The number of halogens is 2. The smallest absolute Gasteiger partial charge is 0.274 e. The van der Waals surface area contributed by atoms with Gasteiger partial charge >= 0.3 is 0 Å². The third kappa shape index (κ3) is 3.87. The quantitative estimate of drug-likeness (QED) is 0.484. The van der Waals surface area contributed by atoms with E-state index in [4.69, 9.17) is 22.2 Å². The average molecular weight is 261 g/mol. The van der Waals surface area contributed by atoms with Gasteiger partial charge in [0.1, 0.15) is 11.6 Å². The molecule has 1 atom stereocenters. The summed E-state index contributed by atoms with van der Waals surface area (Å²) in [4.78, 5) is 11.4. The van der Waals surface area contributed by atoms with Crippen LogP contribution in [0.4, 0.5) is 4.39 Å². The number of hydrazine groups is 1. The lowest BCUT2D eigenvalue weighted by molar-refractivity contribution is -0.128. The number of carbonyl (C=O) groups is 1. The Labute approximate surface area is 104 Å². The summed E-state index contributed by atoms with van der Waals surface area (Å²) >= 11 is 5.54. The molecule has 0 fully saturated rings. The third-order valence-electron chi connectivity index (χ3n) is 2.15. The molecule has 0 aliphatic carbocycles. The van der Waals surface area contributed by atoms with Crippen LogP contribution in [0.3, 0.4) is 0 Å². The molecule has 17 heavy (non-hydrogen) atoms. The van der Waals surface area contributed by atoms with Gasteiger partial charge in [-0.25, -0.2) is 10.2 Å². The van der Waals surface area contributed by atoms with Gasteiger partial charge in [0, 0.05) is 6.07 Å². The van der Waals surface area contributed by atoms with E-state index < -0.39 is 17.8 Å². The Hall–Kier alpha value is -1.33. The summed E-state index contributed by atoms with van der Waals surface area (Å²) < 4.78 is 18.5. The molecule has 0 saturated carbocycles. The standard InChI is InChI=1S/C11H14ClFN2O2/c1-2-3-10(11(16)15-14)17-7-4-5-8(12)9(13)6-7/h4-6,10H,2-3,14H2,1H3,(H,15,16). The summed E-state index contributed by atoms with van der Waals surface area (Å²) in [6.07, 6.45) is 0.507. The molecule has 6 heteroatoms. The fourth-order valence-corrected chi connectivity index (χ4v) is 1.43. The summed E-state index contributed by atoms with van der Waals surface area (Å²) in [5.74, 6) is 4.25. The number of hydrogen-bond donors (Lipinski definition) is 2. The SMILES string of the molecule is CCCC(Oc1ccc(Cl)c(F)c1)C(=O)NN. The number of benzene rings is 1. The van der Waals surface area contributed by atoms with Crippen LogP contribution >= 0.6 is 11.6 Å². The molecule has 0 radical (unpaired) electrons. The Morgan fingerprint density at radius 1 is 1.65 bits per heavy atom. The zero-order chi connectivity index (χ0) is 12.8. The summed E-state index contributed by atoms with van der Waals surface area (Å²) in [5.41, 5.74) is 2.01. The number of hydrogen-bond acceptors (Lipinski definition) is 3. The van der Waals surface area contributed by atoms with E-state index in [1.807, 2.05) is 12.3 Å². The largest absolute Gasteiger partial charge is 0.480 e. The first-order chi connectivity index (χ1) is 8.08. The molecular formula is C11H14ClFN2O2. The topological polar surface area (TPSA) is 64.3 Å². The highest BCUT2D eigenvalue weighted by molar-refractivity contribution is 6.30. The first kappa shape index (κ1) is 13.7. The van der Waals surface area contributed by atoms with Crippen molar-refractivity contribution in [2.45, 2.75) is 25.9 Å². The molecule has 0 heterocycles. The Kier molecular flexibility index (Phi) is 5.18. The summed E-state index contributed by atoms with van der Waals surface area (Å²) in [5, 5.41) is 0.00710. The highest BCUT2D eigenvalue weighted by atomic mass is 35.5. The Balaban J connectivity index is 2.78. The average Bonchev–Trinajstić information content (AvgIpc) is 2.32. The second-order valence-corrected chi connectivity index (χ2v) is 3.89. The lowest BCUT2D eigenvalue weighted by Gasteiger charge is -2.16. The van der Waals surface area contributed by atoms with Crippen molar-refractivity contribution >= 4 is 17.5 Å². The number of amides is 1. The molecule has 1 aromatic rings. The third-order valence-corrected chi connectivity index (χ3v) is 2.46. The van der Waals surface area contributed by atoms with Gasteiger partial charge in [-0.2, -0.15) is 0 Å². The monoisotopic (exact) mass is 260 g/mol. The number of nitrogens with two attached hydrogens (primary N) is 1. The fraction of sp³-hybridized carbons (Fsp3) is 0.364. The number of rotatable bonds is 5. The van der Waals surface area contributed by atoms with Gasteiger partial charge in [0.05, 0.1) is 5.02 Å². The minimum Gasteiger partial charge on any atom is -0.480 e. The summed E-state index contributed by atoms with van der Waals surface area (Å²) in [7, 11) is 0. The lowest BCUT2D eigenvalue weighted by Crippen LogP contribution is -2.42. The van der Waals surface area contributed by atoms with Crippen molar-refractivity contribution in [2.24, 2.45) is 5.84 Å². The van der Waals surface area contributed by atoms with Gasteiger partial charge in [-0.15, -0.1) is 0 Å². The fourth-order valence-electron chi connectivity index (χ4n) is 1.31. The maximum atomic E-state index is 13.2. The second kappa shape index (κ2) is 6.42. The van der Waals surface area contributed by atoms with Crippen molar-refractivity contribution in [2.75, 3.05) is 0 Å². The van der Waals surface area contributed by atoms with Gasteiger partial charge in [-0.05, 0) is 18.6 Å². The predicted molar refractivity (Wildman–Crippen MR) is 63.1 cm³/mol. The van der Waals surface area contributed by atoms with Crippen molar-refractivity contribution in [3.63, 3.8) is 0 Å². The molecule has 3 N–H and O–H groups in total. The zero-order valence-corrected chi connectivity index (χ0v) is 10.1. The van der Waals surface area contributed by atoms with Crippen LogP contribution in [0.5, 0.6) is 5.75 Å². The van der Waals surface area contributed by atoms with E-state index in [1.165, 1.54) is 12.1 Å². The molecule has 0 saturated heterocycles. The first-order valence-electron chi connectivity index (χ1n) is 5.20. The molecule has 0 bridgehead atoms. The molecule has 1 amide bonds. The van der Waals surface area contributed by atoms with Crippen LogP contribution in [0, 0.1) is 5.82 Å². The van der Waals surface area contributed by atoms with Crippen LogP contribution in [0.2, 0.25) is 5.02 Å². The molecule has 0 aliphatic rings. The van der Waals surface area contributed by atoms with Crippen LogP contribution in [0.15, 0.2) is 18.2 Å². The molecule has 1 aromatic carbocycles. The zero-order valence-electron chi connectivity index (χ0n) is 9.37. The van der Waals surface area contributed by atoms with Crippen LogP contribution in [-0.2, 0) is 4.79 Å². The second-order valence-electron chi connectivity index (χ2n) is 3.48. The molecule has 4 nitrogen and oxygen atoms in total. The van der Waals surface area contributed by atoms with Crippen molar-refractivity contribution in [1.82, 2.24) is 5.43 Å². The Morgan fingerprint density at radius 2 is 2.35 bits per heavy atom. The van der Waals surface area contributed by atoms with E-state index in [2.05, 4.69) is 0 Å². The molecular weight excluding hydrogens is 247 g/mol. The van der Waals surface area contributed by atoms with Crippen molar-refractivity contribution in [1.29, 1.82) is 0 Å². The van der Waals surface area contributed by atoms with E-state index in [0.29, 0.717) is 6.42 Å². The first-order valence-corrected chi connectivity index (χ1v) is 5.58. The van der Waals surface area contributed by atoms with Crippen LogP contribution in [0.1, 0.15) is 19.8 Å². The van der Waals surface area contributed by atoms with Crippen LogP contribution < -0.4 is 16.0 Å². The Bertz CT molecular complexity index is 401. The maximum absolute atomic E-state index is 13.2. The molecule has 1 unspecified atom stereocenters. The van der Waals surface area contributed by atoms with Crippen LogP contribution in [0.25, 0.3) is 0 Å². The molecule has 0 spiro atoms. The maximum Gasteiger partial charge on any atom is 0.274 e. The summed E-state index contributed by atoms with van der Waals surface area (Å²) in [6.45, 7) is 1.91. The minimum absolute atomic E-state index is 0.00710.